The van der Waals surface area contributed by atoms with Gasteiger partial charge >= 0.3 is 6.03 Å². The number of urea groups is 1. The fourth-order valence-electron chi connectivity index (χ4n) is 5.40. The first kappa shape index (κ1) is 19.9. The Balaban J connectivity index is 1.28. The van der Waals surface area contributed by atoms with Crippen molar-refractivity contribution in [1.29, 1.82) is 0 Å². The number of hydrogen-bond acceptors (Lipinski definition) is 5. The molecule has 4 fully saturated rings. The van der Waals surface area contributed by atoms with E-state index < -0.39 is 0 Å². The van der Waals surface area contributed by atoms with E-state index in [0.29, 0.717) is 32.1 Å². The number of ether oxygens (including phenoxy) is 1. The average molecular weight is 395 g/mol. The van der Waals surface area contributed by atoms with Crippen LogP contribution in [-0.4, -0.2) is 102 Å². The van der Waals surface area contributed by atoms with Gasteiger partial charge in [-0.15, -0.1) is 0 Å². The summed E-state index contributed by atoms with van der Waals surface area (Å²) in [5, 5.41) is 12.9. The van der Waals surface area contributed by atoms with Gasteiger partial charge in [0.2, 0.25) is 5.91 Å². The summed E-state index contributed by atoms with van der Waals surface area (Å²) in [6.07, 6.45) is 7.10. The molecule has 3 amide bonds. The van der Waals surface area contributed by atoms with E-state index in [4.69, 9.17) is 4.74 Å². The molecule has 3 aliphatic heterocycles. The van der Waals surface area contributed by atoms with Crippen LogP contribution in [0.5, 0.6) is 0 Å². The standard InChI is InChI=1S/C20H34N4O4/c25-13-17(15-4-2-1-3-5-15)22-8-10-23(11-9-22)20(27)24-7-6-18-16(12-24)21-19(26)14-28-18/h15-18,25H,1-14H2,(H,21,26)/t16-,17?,18+/m1/s1. The molecule has 3 atom stereocenters. The number of morpholine rings is 1. The first-order valence-corrected chi connectivity index (χ1v) is 11.0. The molecule has 8 nitrogen and oxygen atoms in total. The van der Waals surface area contributed by atoms with Gasteiger partial charge in [-0.05, 0) is 25.2 Å². The Hall–Kier alpha value is -1.38. The van der Waals surface area contributed by atoms with Crippen LogP contribution in [0.2, 0.25) is 0 Å². The maximum Gasteiger partial charge on any atom is 0.320 e. The van der Waals surface area contributed by atoms with Crippen LogP contribution >= 0.6 is 0 Å². The molecule has 4 rings (SSSR count). The number of aliphatic hydroxyl groups excluding tert-OH is 1. The molecule has 3 saturated heterocycles. The van der Waals surface area contributed by atoms with Gasteiger partial charge in [0.25, 0.3) is 0 Å². The van der Waals surface area contributed by atoms with Crippen LogP contribution in [0.3, 0.4) is 0 Å². The molecule has 0 aromatic carbocycles. The van der Waals surface area contributed by atoms with E-state index in [1.54, 1.807) is 0 Å². The number of hydrogen-bond donors (Lipinski definition) is 2. The Morgan fingerprint density at radius 1 is 1.07 bits per heavy atom. The van der Waals surface area contributed by atoms with Gasteiger partial charge < -0.3 is 25.0 Å². The Morgan fingerprint density at radius 3 is 2.54 bits per heavy atom. The summed E-state index contributed by atoms with van der Waals surface area (Å²) in [6, 6.07) is 0.212. The minimum atomic E-state index is -0.0954. The molecule has 1 saturated carbocycles. The van der Waals surface area contributed by atoms with E-state index in [2.05, 4.69) is 10.2 Å². The van der Waals surface area contributed by atoms with Gasteiger partial charge in [-0.1, -0.05) is 19.3 Å². The molecule has 0 radical (unpaired) electrons. The number of nitrogens with one attached hydrogen (secondary N) is 1. The first-order valence-electron chi connectivity index (χ1n) is 11.0. The lowest BCUT2D eigenvalue weighted by atomic mass is 9.83. The van der Waals surface area contributed by atoms with Crippen molar-refractivity contribution in [3.05, 3.63) is 0 Å². The number of amides is 3. The molecular formula is C20H34N4O4. The maximum atomic E-state index is 13.0. The Bertz CT molecular complexity index is 560. The summed E-state index contributed by atoms with van der Waals surface area (Å²) in [4.78, 5) is 30.7. The zero-order valence-electron chi connectivity index (χ0n) is 16.7. The summed E-state index contributed by atoms with van der Waals surface area (Å²) in [6.45, 7) is 4.61. The van der Waals surface area contributed by atoms with Gasteiger partial charge in [-0.2, -0.15) is 0 Å². The van der Waals surface area contributed by atoms with Crippen LogP contribution < -0.4 is 5.32 Å². The number of piperidine rings is 1. The van der Waals surface area contributed by atoms with Gasteiger partial charge in [0.15, 0.2) is 0 Å². The van der Waals surface area contributed by atoms with Crippen molar-refractivity contribution in [3.63, 3.8) is 0 Å². The van der Waals surface area contributed by atoms with Crippen LogP contribution in [-0.2, 0) is 9.53 Å². The SMILES string of the molecule is O=C1CO[C@H]2CCN(C(=O)N3CCN(C(CO)C4CCCCC4)CC3)C[C@H]2N1. The molecule has 0 aromatic heterocycles. The lowest BCUT2D eigenvalue weighted by Crippen LogP contribution is -2.63. The highest BCUT2D eigenvalue weighted by Crippen LogP contribution is 2.29. The van der Waals surface area contributed by atoms with Crippen molar-refractivity contribution in [1.82, 2.24) is 20.0 Å². The Morgan fingerprint density at radius 2 is 1.82 bits per heavy atom. The fourth-order valence-corrected chi connectivity index (χ4v) is 5.40. The number of piperazine rings is 1. The third-order valence-electron chi connectivity index (χ3n) is 7.03. The van der Waals surface area contributed by atoms with Crippen molar-refractivity contribution in [3.8, 4) is 0 Å². The lowest BCUT2D eigenvalue weighted by molar-refractivity contribution is -0.139. The molecule has 3 heterocycles. The van der Waals surface area contributed by atoms with Crippen LogP contribution in [0.25, 0.3) is 0 Å². The lowest BCUT2D eigenvalue weighted by Gasteiger charge is -2.45. The molecule has 0 bridgehead atoms. The van der Waals surface area contributed by atoms with E-state index in [0.717, 1.165) is 19.5 Å². The molecular weight excluding hydrogens is 360 g/mol. The highest BCUT2D eigenvalue weighted by atomic mass is 16.5. The Labute approximate surface area is 167 Å². The van der Waals surface area contributed by atoms with E-state index in [1.807, 2.05) is 9.80 Å². The van der Waals surface area contributed by atoms with Crippen molar-refractivity contribution in [2.75, 3.05) is 52.5 Å². The van der Waals surface area contributed by atoms with Crippen LogP contribution in [0.1, 0.15) is 38.5 Å². The predicted molar refractivity (Wildman–Crippen MR) is 104 cm³/mol. The van der Waals surface area contributed by atoms with Crippen LogP contribution in [0.15, 0.2) is 0 Å². The third-order valence-corrected chi connectivity index (χ3v) is 7.03. The van der Waals surface area contributed by atoms with E-state index >= 15 is 0 Å². The number of carbonyl (C=O) groups is 2. The minimum absolute atomic E-state index is 0.0272. The predicted octanol–water partition coefficient (Wildman–Crippen LogP) is 0.255. The maximum absolute atomic E-state index is 13.0. The van der Waals surface area contributed by atoms with Crippen molar-refractivity contribution >= 4 is 11.9 Å². The number of carbonyl (C=O) groups excluding carboxylic acids is 2. The zero-order valence-corrected chi connectivity index (χ0v) is 16.7. The summed E-state index contributed by atoms with van der Waals surface area (Å²) in [5.74, 6) is 0.497. The molecule has 4 aliphatic rings. The quantitative estimate of drug-likeness (QED) is 0.717. The normalized spacial score (nSPS) is 31.2. The smallest absolute Gasteiger partial charge is 0.320 e. The summed E-state index contributed by atoms with van der Waals surface area (Å²) in [7, 11) is 0. The van der Waals surface area contributed by atoms with Crippen LogP contribution in [0.4, 0.5) is 4.79 Å². The molecule has 0 spiro atoms. The molecule has 8 heteroatoms. The van der Waals surface area contributed by atoms with Crippen molar-refractivity contribution in [2.45, 2.75) is 56.7 Å². The second-order valence-corrected chi connectivity index (χ2v) is 8.71. The number of fused-ring (bicyclic) bond motifs is 1. The summed E-state index contributed by atoms with van der Waals surface area (Å²) in [5.41, 5.74) is 0. The van der Waals surface area contributed by atoms with E-state index in [1.165, 1.54) is 32.1 Å². The fraction of sp³-hybridized carbons (Fsp3) is 0.900. The largest absolute Gasteiger partial charge is 0.395 e. The van der Waals surface area contributed by atoms with E-state index in [-0.39, 0.29) is 43.3 Å². The molecule has 2 N–H and O–H groups in total. The van der Waals surface area contributed by atoms with E-state index in [9.17, 15) is 14.7 Å². The van der Waals surface area contributed by atoms with Crippen molar-refractivity contribution < 1.29 is 19.4 Å². The summed E-state index contributed by atoms with van der Waals surface area (Å²) < 4.78 is 5.58. The van der Waals surface area contributed by atoms with Gasteiger partial charge in [-0.3, -0.25) is 9.69 Å². The highest BCUT2D eigenvalue weighted by molar-refractivity contribution is 5.79. The highest BCUT2D eigenvalue weighted by Gasteiger charge is 2.38. The van der Waals surface area contributed by atoms with Gasteiger partial charge in [0.05, 0.1) is 18.8 Å². The number of likely N-dealkylation sites (tertiary alicyclic amines) is 1. The van der Waals surface area contributed by atoms with Crippen molar-refractivity contribution in [2.24, 2.45) is 5.92 Å². The first-order chi connectivity index (χ1) is 13.7. The number of rotatable bonds is 3. The molecule has 1 aliphatic carbocycles. The third kappa shape index (κ3) is 4.28. The molecule has 158 valence electrons. The van der Waals surface area contributed by atoms with Crippen LogP contribution in [0, 0.1) is 5.92 Å². The average Bonchev–Trinajstić information content (AvgIpc) is 2.74. The monoisotopic (exact) mass is 394 g/mol. The molecule has 1 unspecified atom stereocenters. The molecule has 0 aromatic rings. The van der Waals surface area contributed by atoms with Gasteiger partial charge in [-0.25, -0.2) is 4.79 Å². The number of aliphatic hydroxyl groups is 1. The minimum Gasteiger partial charge on any atom is -0.395 e. The molecule has 28 heavy (non-hydrogen) atoms. The zero-order chi connectivity index (χ0) is 19.5. The second-order valence-electron chi connectivity index (χ2n) is 8.71. The van der Waals surface area contributed by atoms with Gasteiger partial charge in [0, 0.05) is 45.3 Å². The Kier molecular flexibility index (Phi) is 6.38. The second kappa shape index (κ2) is 8.97. The van der Waals surface area contributed by atoms with Gasteiger partial charge in [0.1, 0.15) is 6.61 Å². The number of nitrogens with zero attached hydrogens (tertiary/aromatic N) is 3. The topological polar surface area (TPSA) is 85.4 Å². The summed E-state index contributed by atoms with van der Waals surface area (Å²) >= 11 is 0.